The number of hydrogen-bond donors (Lipinski definition) is 2. The van der Waals surface area contributed by atoms with Crippen LogP contribution in [0.3, 0.4) is 0 Å². The van der Waals surface area contributed by atoms with Crippen molar-refractivity contribution in [2.45, 2.75) is 19.8 Å². The number of ether oxygens (including phenoxy) is 1. The van der Waals surface area contributed by atoms with Gasteiger partial charge in [-0.1, -0.05) is 6.92 Å². The van der Waals surface area contributed by atoms with E-state index in [9.17, 15) is 0 Å². The Morgan fingerprint density at radius 1 is 1.35 bits per heavy atom. The van der Waals surface area contributed by atoms with E-state index in [2.05, 4.69) is 17.2 Å². The summed E-state index contributed by atoms with van der Waals surface area (Å²) in [6.45, 7) is 3.86. The maximum atomic E-state index is 5.62. The molecule has 0 bridgehead atoms. The minimum atomic E-state index is 0.585. The predicted molar refractivity (Wildman–Crippen MR) is 84.2 cm³/mol. The lowest BCUT2D eigenvalue weighted by Crippen LogP contribution is -2.12. The Bertz CT molecular complexity index is 556. The zero-order valence-corrected chi connectivity index (χ0v) is 12.2. The van der Waals surface area contributed by atoms with Gasteiger partial charge in [-0.25, -0.2) is 4.98 Å². The molecule has 20 heavy (non-hydrogen) atoms. The largest absolute Gasteiger partial charge is 0.497 e. The summed E-state index contributed by atoms with van der Waals surface area (Å²) < 4.78 is 5.25. The number of methoxy groups -OCH3 is 1. The van der Waals surface area contributed by atoms with E-state index >= 15 is 0 Å². The van der Waals surface area contributed by atoms with Crippen LogP contribution in [0, 0.1) is 5.92 Å². The van der Waals surface area contributed by atoms with Gasteiger partial charge in [-0.05, 0) is 55.0 Å². The summed E-state index contributed by atoms with van der Waals surface area (Å²) in [7, 11) is 1.68. The van der Waals surface area contributed by atoms with Gasteiger partial charge in [0.1, 0.15) is 11.6 Å². The molecule has 0 amide bonds. The SMILES string of the molecule is COc1ccc2c(NCCCC(C)CN)nccc2c1. The maximum Gasteiger partial charge on any atom is 0.133 e. The highest BCUT2D eigenvalue weighted by Crippen LogP contribution is 2.25. The standard InChI is InChI=1S/C16H23N3O/c1-12(11-17)4-3-8-18-16-15-6-5-14(20-2)10-13(15)7-9-19-16/h5-7,9-10,12H,3-4,8,11,17H2,1-2H3,(H,18,19). The topological polar surface area (TPSA) is 60.2 Å². The second kappa shape index (κ2) is 7.10. The van der Waals surface area contributed by atoms with Crippen molar-refractivity contribution < 1.29 is 4.74 Å². The van der Waals surface area contributed by atoms with E-state index in [1.165, 1.54) is 0 Å². The average Bonchev–Trinajstić information content (AvgIpc) is 2.50. The summed E-state index contributed by atoms with van der Waals surface area (Å²) in [5, 5.41) is 5.67. The molecular formula is C16H23N3O. The molecule has 0 saturated carbocycles. The van der Waals surface area contributed by atoms with Gasteiger partial charge in [0.25, 0.3) is 0 Å². The third-order valence-corrected chi connectivity index (χ3v) is 3.54. The Morgan fingerprint density at radius 3 is 2.95 bits per heavy atom. The molecule has 3 N–H and O–H groups in total. The van der Waals surface area contributed by atoms with E-state index in [0.29, 0.717) is 5.92 Å². The van der Waals surface area contributed by atoms with Crippen molar-refractivity contribution in [3.63, 3.8) is 0 Å². The fourth-order valence-corrected chi connectivity index (χ4v) is 2.20. The van der Waals surface area contributed by atoms with Crippen LogP contribution in [0.1, 0.15) is 19.8 Å². The van der Waals surface area contributed by atoms with Gasteiger partial charge in [-0.2, -0.15) is 0 Å². The smallest absolute Gasteiger partial charge is 0.133 e. The Labute approximate surface area is 120 Å². The van der Waals surface area contributed by atoms with Gasteiger partial charge in [0, 0.05) is 18.1 Å². The molecule has 2 rings (SSSR count). The summed E-state index contributed by atoms with van der Waals surface area (Å²) in [6.07, 6.45) is 4.07. The molecule has 4 heteroatoms. The van der Waals surface area contributed by atoms with Crippen LogP contribution >= 0.6 is 0 Å². The predicted octanol–water partition coefficient (Wildman–Crippen LogP) is 3.03. The van der Waals surface area contributed by atoms with E-state index in [1.807, 2.05) is 30.5 Å². The number of fused-ring (bicyclic) bond motifs is 1. The Hall–Kier alpha value is -1.81. The van der Waals surface area contributed by atoms with Gasteiger partial charge in [0.15, 0.2) is 0 Å². The van der Waals surface area contributed by atoms with Gasteiger partial charge in [0.05, 0.1) is 7.11 Å². The first-order valence-electron chi connectivity index (χ1n) is 7.11. The molecule has 1 unspecified atom stereocenters. The van der Waals surface area contributed by atoms with Crippen molar-refractivity contribution in [3.05, 3.63) is 30.5 Å². The first kappa shape index (κ1) is 14.6. The van der Waals surface area contributed by atoms with Crippen molar-refractivity contribution in [3.8, 4) is 5.75 Å². The van der Waals surface area contributed by atoms with E-state index < -0.39 is 0 Å². The van der Waals surface area contributed by atoms with Crippen molar-refractivity contribution in [2.24, 2.45) is 11.7 Å². The zero-order chi connectivity index (χ0) is 14.4. The van der Waals surface area contributed by atoms with Crippen LogP contribution in [-0.2, 0) is 0 Å². The lowest BCUT2D eigenvalue weighted by Gasteiger charge is -2.11. The number of pyridine rings is 1. The highest BCUT2D eigenvalue weighted by Gasteiger charge is 2.04. The van der Waals surface area contributed by atoms with Gasteiger partial charge < -0.3 is 15.8 Å². The fraction of sp³-hybridized carbons (Fsp3) is 0.438. The number of aromatic nitrogens is 1. The van der Waals surface area contributed by atoms with Gasteiger partial charge in [0.2, 0.25) is 0 Å². The van der Waals surface area contributed by atoms with Crippen LogP contribution in [0.25, 0.3) is 10.8 Å². The molecule has 0 fully saturated rings. The van der Waals surface area contributed by atoms with E-state index in [0.717, 1.165) is 48.3 Å². The minimum Gasteiger partial charge on any atom is -0.497 e. The highest BCUT2D eigenvalue weighted by atomic mass is 16.5. The molecule has 0 spiro atoms. The summed E-state index contributed by atoms with van der Waals surface area (Å²) in [5.74, 6) is 2.39. The number of anilines is 1. The molecule has 0 radical (unpaired) electrons. The van der Waals surface area contributed by atoms with Crippen LogP contribution in [0.4, 0.5) is 5.82 Å². The summed E-state index contributed by atoms with van der Waals surface area (Å²) in [4.78, 5) is 4.42. The molecule has 1 atom stereocenters. The third-order valence-electron chi connectivity index (χ3n) is 3.54. The van der Waals surface area contributed by atoms with Crippen molar-refractivity contribution in [2.75, 3.05) is 25.5 Å². The molecule has 108 valence electrons. The normalized spacial score (nSPS) is 12.3. The highest BCUT2D eigenvalue weighted by molar-refractivity contribution is 5.92. The second-order valence-electron chi connectivity index (χ2n) is 5.16. The molecule has 1 heterocycles. The van der Waals surface area contributed by atoms with Crippen LogP contribution in [0.15, 0.2) is 30.5 Å². The minimum absolute atomic E-state index is 0.585. The average molecular weight is 273 g/mol. The van der Waals surface area contributed by atoms with Gasteiger partial charge in [-0.15, -0.1) is 0 Å². The lowest BCUT2D eigenvalue weighted by atomic mass is 10.1. The summed E-state index contributed by atoms with van der Waals surface area (Å²) in [5.41, 5.74) is 5.62. The molecule has 1 aromatic carbocycles. The van der Waals surface area contributed by atoms with Crippen molar-refractivity contribution in [1.29, 1.82) is 0 Å². The van der Waals surface area contributed by atoms with E-state index in [-0.39, 0.29) is 0 Å². The first-order valence-corrected chi connectivity index (χ1v) is 7.11. The number of rotatable bonds is 7. The molecule has 2 aromatic rings. The maximum absolute atomic E-state index is 5.62. The summed E-state index contributed by atoms with van der Waals surface area (Å²) in [6, 6.07) is 8.04. The molecule has 1 aromatic heterocycles. The van der Waals surface area contributed by atoms with Crippen LogP contribution in [0.5, 0.6) is 5.75 Å². The third kappa shape index (κ3) is 3.61. The van der Waals surface area contributed by atoms with Crippen molar-refractivity contribution >= 4 is 16.6 Å². The molecular weight excluding hydrogens is 250 g/mol. The molecule has 4 nitrogen and oxygen atoms in total. The quantitative estimate of drug-likeness (QED) is 0.761. The second-order valence-corrected chi connectivity index (χ2v) is 5.16. The summed E-state index contributed by atoms with van der Waals surface area (Å²) >= 11 is 0. The monoisotopic (exact) mass is 273 g/mol. The molecule has 0 aliphatic rings. The van der Waals surface area contributed by atoms with Crippen LogP contribution < -0.4 is 15.8 Å². The van der Waals surface area contributed by atoms with E-state index in [4.69, 9.17) is 10.5 Å². The Kier molecular flexibility index (Phi) is 5.18. The molecule has 0 saturated heterocycles. The van der Waals surface area contributed by atoms with Gasteiger partial charge in [-0.3, -0.25) is 0 Å². The number of nitrogens with zero attached hydrogens (tertiary/aromatic N) is 1. The van der Waals surface area contributed by atoms with Crippen LogP contribution in [-0.4, -0.2) is 25.2 Å². The van der Waals surface area contributed by atoms with Crippen molar-refractivity contribution in [1.82, 2.24) is 4.98 Å². The first-order chi connectivity index (χ1) is 9.74. The Morgan fingerprint density at radius 2 is 2.20 bits per heavy atom. The fourth-order valence-electron chi connectivity index (χ4n) is 2.20. The number of hydrogen-bond acceptors (Lipinski definition) is 4. The lowest BCUT2D eigenvalue weighted by molar-refractivity contribution is 0.415. The van der Waals surface area contributed by atoms with Gasteiger partial charge >= 0.3 is 0 Å². The number of nitrogens with one attached hydrogen (secondary N) is 1. The number of nitrogens with two attached hydrogens (primary N) is 1. The van der Waals surface area contributed by atoms with Crippen LogP contribution in [0.2, 0.25) is 0 Å². The van der Waals surface area contributed by atoms with E-state index in [1.54, 1.807) is 7.11 Å². The number of benzene rings is 1. The molecule has 0 aliphatic heterocycles. The zero-order valence-electron chi connectivity index (χ0n) is 12.2. The Balaban J connectivity index is 2.03. The molecule has 0 aliphatic carbocycles.